The summed E-state index contributed by atoms with van der Waals surface area (Å²) in [6.07, 6.45) is -0.422. The van der Waals surface area contributed by atoms with Crippen LogP contribution in [-0.4, -0.2) is 41.4 Å². The van der Waals surface area contributed by atoms with Gasteiger partial charge in [-0.3, -0.25) is 4.68 Å². The molecule has 1 aromatic rings. The van der Waals surface area contributed by atoms with Gasteiger partial charge >= 0.3 is 16.3 Å². The number of rotatable bonds is 5. The molecule has 0 aliphatic heterocycles. The van der Waals surface area contributed by atoms with Crippen molar-refractivity contribution in [3.05, 3.63) is 11.8 Å². The van der Waals surface area contributed by atoms with Gasteiger partial charge < -0.3 is 15.7 Å². The molecule has 0 atom stereocenters. The average molecular weight is 320 g/mol. The van der Waals surface area contributed by atoms with E-state index < -0.39 is 22.4 Å². The summed E-state index contributed by atoms with van der Waals surface area (Å²) in [7, 11) is -2.83. The van der Waals surface area contributed by atoms with Gasteiger partial charge in [-0.05, 0) is 13.8 Å². The Balaban J connectivity index is 2.95. The highest BCUT2D eigenvalue weighted by Gasteiger charge is 2.21. The van der Waals surface area contributed by atoms with E-state index in [2.05, 4.69) is 15.0 Å². The number of carbonyl (C=O) groups is 1. The molecule has 0 fully saturated rings. The molecular formula is C9H16N6O5S. The van der Waals surface area contributed by atoms with Gasteiger partial charge in [0.2, 0.25) is 0 Å². The van der Waals surface area contributed by atoms with Crippen LogP contribution in [0.15, 0.2) is 11.4 Å². The number of oxime groups is 1. The SMILES string of the molecule is CC(C)OC(=O)NS(=O)(=O)Nc1c(C(N)=NO)cnn1C. The Kier molecular flexibility index (Phi) is 4.97. The van der Waals surface area contributed by atoms with Crippen LogP contribution < -0.4 is 15.2 Å². The number of aryl methyl sites for hydroxylation is 1. The smallest absolute Gasteiger partial charge is 0.422 e. The highest BCUT2D eigenvalue weighted by molar-refractivity contribution is 7.91. The topological polar surface area (TPSA) is 161 Å². The molecule has 0 aromatic carbocycles. The molecule has 0 unspecified atom stereocenters. The summed E-state index contributed by atoms with van der Waals surface area (Å²) in [6.45, 7) is 3.13. The van der Waals surface area contributed by atoms with Crippen LogP contribution in [0.4, 0.5) is 10.6 Å². The number of nitrogens with zero attached hydrogens (tertiary/aromatic N) is 3. The molecule has 12 heteroatoms. The van der Waals surface area contributed by atoms with Gasteiger partial charge in [0, 0.05) is 7.05 Å². The van der Waals surface area contributed by atoms with E-state index in [1.54, 1.807) is 18.6 Å². The van der Waals surface area contributed by atoms with Crippen molar-refractivity contribution in [3.63, 3.8) is 0 Å². The first kappa shape index (κ1) is 16.6. The summed E-state index contributed by atoms with van der Waals surface area (Å²) in [4.78, 5) is 11.3. The Hall–Kier alpha value is -2.50. The van der Waals surface area contributed by atoms with Crippen molar-refractivity contribution in [2.75, 3.05) is 4.72 Å². The largest absolute Gasteiger partial charge is 0.446 e. The third kappa shape index (κ3) is 4.52. The van der Waals surface area contributed by atoms with Gasteiger partial charge in [-0.2, -0.15) is 13.5 Å². The van der Waals surface area contributed by atoms with Crippen LogP contribution in [0.25, 0.3) is 0 Å². The molecule has 0 aliphatic rings. The van der Waals surface area contributed by atoms with E-state index in [9.17, 15) is 13.2 Å². The maximum absolute atomic E-state index is 11.8. The van der Waals surface area contributed by atoms with Crippen molar-refractivity contribution in [3.8, 4) is 0 Å². The Morgan fingerprint density at radius 3 is 2.71 bits per heavy atom. The van der Waals surface area contributed by atoms with Crippen molar-refractivity contribution in [1.82, 2.24) is 14.5 Å². The molecule has 0 aliphatic carbocycles. The first-order valence-electron chi connectivity index (χ1n) is 5.67. The number of hydrogen-bond donors (Lipinski definition) is 4. The van der Waals surface area contributed by atoms with Gasteiger partial charge in [0.1, 0.15) is 5.82 Å². The fraction of sp³-hybridized carbons (Fsp3) is 0.444. The lowest BCUT2D eigenvalue weighted by molar-refractivity contribution is 0.121. The maximum Gasteiger partial charge on any atom is 0.422 e. The zero-order valence-electron chi connectivity index (χ0n) is 11.6. The van der Waals surface area contributed by atoms with E-state index in [0.29, 0.717) is 0 Å². The molecule has 11 nitrogen and oxygen atoms in total. The molecule has 1 aromatic heterocycles. The number of nitrogens with one attached hydrogen (secondary N) is 2. The Labute approximate surface area is 120 Å². The number of amides is 1. The molecule has 1 heterocycles. The fourth-order valence-corrected chi connectivity index (χ4v) is 2.12. The molecule has 0 spiro atoms. The lowest BCUT2D eigenvalue weighted by Gasteiger charge is -2.12. The van der Waals surface area contributed by atoms with Crippen molar-refractivity contribution >= 4 is 28.0 Å². The van der Waals surface area contributed by atoms with Gasteiger partial charge in [-0.15, -0.1) is 0 Å². The van der Waals surface area contributed by atoms with Crippen molar-refractivity contribution in [2.45, 2.75) is 20.0 Å². The predicted octanol–water partition coefficient (Wildman–Crippen LogP) is -0.694. The van der Waals surface area contributed by atoms with E-state index >= 15 is 0 Å². The summed E-state index contributed by atoms with van der Waals surface area (Å²) in [6, 6.07) is 0. The molecule has 0 saturated carbocycles. The molecule has 1 amide bonds. The van der Waals surface area contributed by atoms with Crippen molar-refractivity contribution in [2.24, 2.45) is 17.9 Å². The standard InChI is InChI=1S/C9H16N6O5S/c1-5(2)20-9(16)14-21(18,19)13-8-6(7(10)12-17)4-11-15(8)3/h4-5,13,17H,1-3H3,(H2,10,12)(H,14,16). The second-order valence-corrected chi connectivity index (χ2v) is 5.59. The molecule has 0 saturated heterocycles. The normalized spacial score (nSPS) is 12.3. The number of amidine groups is 1. The van der Waals surface area contributed by atoms with Crippen molar-refractivity contribution in [1.29, 1.82) is 0 Å². The van der Waals surface area contributed by atoms with Crippen LogP contribution in [0.5, 0.6) is 0 Å². The molecule has 21 heavy (non-hydrogen) atoms. The van der Waals surface area contributed by atoms with Crippen LogP contribution in [0.3, 0.4) is 0 Å². The molecule has 5 N–H and O–H groups in total. The van der Waals surface area contributed by atoms with Crippen LogP contribution in [0.2, 0.25) is 0 Å². The second kappa shape index (κ2) is 6.30. The summed E-state index contributed by atoms with van der Waals surface area (Å²) in [5.74, 6) is -0.430. The minimum absolute atomic E-state index is 0.0441. The lowest BCUT2D eigenvalue weighted by atomic mass is 10.3. The van der Waals surface area contributed by atoms with Crippen LogP contribution >= 0.6 is 0 Å². The first-order valence-corrected chi connectivity index (χ1v) is 7.15. The number of carbonyl (C=O) groups excluding carboxylic acids is 1. The highest BCUT2D eigenvalue weighted by atomic mass is 32.2. The number of anilines is 1. The quantitative estimate of drug-likeness (QED) is 0.241. The van der Waals surface area contributed by atoms with Crippen LogP contribution in [0.1, 0.15) is 19.4 Å². The molecule has 118 valence electrons. The Morgan fingerprint density at radius 1 is 1.57 bits per heavy atom. The number of ether oxygens (including phenoxy) is 1. The van der Waals surface area contributed by atoms with Crippen LogP contribution in [0, 0.1) is 0 Å². The second-order valence-electron chi connectivity index (χ2n) is 4.18. The van der Waals surface area contributed by atoms with Gasteiger partial charge in [-0.1, -0.05) is 5.16 Å². The predicted molar refractivity (Wildman–Crippen MR) is 73.0 cm³/mol. The lowest BCUT2D eigenvalue weighted by Crippen LogP contribution is -2.37. The van der Waals surface area contributed by atoms with E-state index in [-0.39, 0.29) is 17.2 Å². The van der Waals surface area contributed by atoms with Crippen molar-refractivity contribution < 1.29 is 23.2 Å². The molecular weight excluding hydrogens is 304 g/mol. The average Bonchev–Trinajstić information content (AvgIpc) is 2.67. The van der Waals surface area contributed by atoms with E-state index in [1.807, 2.05) is 4.72 Å². The molecule has 0 bridgehead atoms. The first-order chi connectivity index (χ1) is 9.66. The van der Waals surface area contributed by atoms with Gasteiger partial charge in [0.15, 0.2) is 5.84 Å². The summed E-state index contributed by atoms with van der Waals surface area (Å²) >= 11 is 0. The Bertz CT molecular complexity index is 650. The molecule has 1 rings (SSSR count). The third-order valence-electron chi connectivity index (χ3n) is 2.11. The maximum atomic E-state index is 11.8. The van der Waals surface area contributed by atoms with Crippen LogP contribution in [-0.2, 0) is 22.0 Å². The zero-order chi connectivity index (χ0) is 16.2. The Morgan fingerprint density at radius 2 is 2.19 bits per heavy atom. The monoisotopic (exact) mass is 320 g/mol. The highest BCUT2D eigenvalue weighted by Crippen LogP contribution is 2.14. The van der Waals surface area contributed by atoms with E-state index in [4.69, 9.17) is 10.9 Å². The van der Waals surface area contributed by atoms with E-state index in [1.165, 1.54) is 13.2 Å². The van der Waals surface area contributed by atoms with E-state index in [0.717, 1.165) is 4.68 Å². The number of aromatic nitrogens is 2. The summed E-state index contributed by atoms with van der Waals surface area (Å²) in [5, 5.41) is 15.2. The molecule has 0 radical (unpaired) electrons. The zero-order valence-corrected chi connectivity index (χ0v) is 12.4. The minimum atomic E-state index is -4.26. The number of hydrogen-bond acceptors (Lipinski definition) is 7. The van der Waals surface area contributed by atoms with Gasteiger partial charge in [-0.25, -0.2) is 14.2 Å². The summed E-state index contributed by atoms with van der Waals surface area (Å²) in [5.41, 5.74) is 5.44. The third-order valence-corrected chi connectivity index (χ3v) is 3.01. The fourth-order valence-electron chi connectivity index (χ4n) is 1.30. The van der Waals surface area contributed by atoms with Gasteiger partial charge in [0.25, 0.3) is 0 Å². The van der Waals surface area contributed by atoms with Gasteiger partial charge in [0.05, 0.1) is 17.9 Å². The summed E-state index contributed by atoms with van der Waals surface area (Å²) < 4.78 is 33.1. The number of nitrogens with two attached hydrogens (primary N) is 1. The minimum Gasteiger partial charge on any atom is -0.446 e.